The molecule has 1 amide bonds. The third-order valence-electron chi connectivity index (χ3n) is 6.15. The highest BCUT2D eigenvalue weighted by atomic mass is 32.2. The highest BCUT2D eigenvalue weighted by molar-refractivity contribution is 7.89. The first-order valence-electron chi connectivity index (χ1n) is 11.2. The summed E-state index contributed by atoms with van der Waals surface area (Å²) in [6, 6.07) is 14.4. The minimum Gasteiger partial charge on any atom is -0.352 e. The van der Waals surface area contributed by atoms with Crippen molar-refractivity contribution >= 4 is 15.9 Å². The maximum absolute atomic E-state index is 12.7. The minimum atomic E-state index is -3.40. The summed E-state index contributed by atoms with van der Waals surface area (Å²) >= 11 is 0. The Kier molecular flexibility index (Phi) is 6.88. The summed E-state index contributed by atoms with van der Waals surface area (Å²) in [5.41, 5.74) is 3.97. The van der Waals surface area contributed by atoms with Crippen LogP contribution >= 0.6 is 0 Å². The molecule has 0 unspecified atom stereocenters. The van der Waals surface area contributed by atoms with E-state index in [1.165, 1.54) is 18.4 Å². The van der Waals surface area contributed by atoms with Crippen LogP contribution in [0.4, 0.5) is 0 Å². The third-order valence-corrected chi connectivity index (χ3v) is 8.07. The second kappa shape index (κ2) is 9.79. The van der Waals surface area contributed by atoms with Gasteiger partial charge in [0.05, 0.1) is 4.90 Å². The Balaban J connectivity index is 1.36. The molecule has 1 aliphatic carbocycles. The van der Waals surface area contributed by atoms with Crippen LogP contribution < -0.4 is 5.32 Å². The van der Waals surface area contributed by atoms with Crippen molar-refractivity contribution in [3.63, 3.8) is 0 Å². The number of hydrogen-bond donors (Lipinski definition) is 1. The van der Waals surface area contributed by atoms with Gasteiger partial charge < -0.3 is 5.32 Å². The molecule has 0 spiro atoms. The zero-order valence-corrected chi connectivity index (χ0v) is 18.7. The molecule has 2 aromatic carbocycles. The Hall–Kier alpha value is -2.44. The number of carbonyl (C=O) groups excluding carboxylic acids is 1. The number of nitrogens with one attached hydrogen (secondary N) is 1. The lowest BCUT2D eigenvalue weighted by Gasteiger charge is -2.15. The number of amides is 1. The van der Waals surface area contributed by atoms with Crippen LogP contribution in [0.25, 0.3) is 11.1 Å². The Morgan fingerprint density at radius 1 is 0.871 bits per heavy atom. The van der Waals surface area contributed by atoms with Gasteiger partial charge in [0.15, 0.2) is 0 Å². The maximum atomic E-state index is 12.7. The van der Waals surface area contributed by atoms with E-state index in [0.717, 1.165) is 43.2 Å². The van der Waals surface area contributed by atoms with Gasteiger partial charge in [-0.2, -0.15) is 4.31 Å². The number of carbonyl (C=O) groups is 1. The van der Waals surface area contributed by atoms with Gasteiger partial charge in [-0.25, -0.2) is 8.42 Å². The third kappa shape index (κ3) is 5.25. The molecule has 1 aliphatic heterocycles. The van der Waals surface area contributed by atoms with Crippen molar-refractivity contribution in [2.45, 2.75) is 49.8 Å². The average Bonchev–Trinajstić information content (AvgIpc) is 3.36. The highest BCUT2D eigenvalue weighted by Gasteiger charge is 2.26. The maximum Gasteiger partial charge on any atom is 0.251 e. The van der Waals surface area contributed by atoms with Crippen molar-refractivity contribution in [1.82, 2.24) is 9.62 Å². The number of allylic oxidation sites excluding steroid dienone is 1. The fourth-order valence-corrected chi connectivity index (χ4v) is 5.80. The summed E-state index contributed by atoms with van der Waals surface area (Å²) in [4.78, 5) is 12.7. The zero-order valence-electron chi connectivity index (χ0n) is 17.8. The highest BCUT2D eigenvalue weighted by Crippen LogP contribution is 2.25. The molecular formula is C25H30N2O3S. The second-order valence-corrected chi connectivity index (χ2v) is 10.3. The van der Waals surface area contributed by atoms with Gasteiger partial charge in [0.25, 0.3) is 5.91 Å². The predicted molar refractivity (Wildman–Crippen MR) is 123 cm³/mol. The quantitative estimate of drug-likeness (QED) is 0.634. The zero-order chi connectivity index (χ0) is 21.7. The van der Waals surface area contributed by atoms with Crippen LogP contribution in [0.3, 0.4) is 0 Å². The largest absolute Gasteiger partial charge is 0.352 e. The van der Waals surface area contributed by atoms with Gasteiger partial charge in [-0.05, 0) is 80.3 Å². The molecule has 164 valence electrons. The fourth-order valence-electron chi connectivity index (χ4n) is 4.28. The molecule has 1 saturated heterocycles. The van der Waals surface area contributed by atoms with Gasteiger partial charge in [0, 0.05) is 25.2 Å². The molecule has 31 heavy (non-hydrogen) atoms. The molecule has 2 aliphatic rings. The minimum absolute atomic E-state index is 0.0602. The molecule has 6 heteroatoms. The molecule has 1 N–H and O–H groups in total. The number of hydrogen-bond acceptors (Lipinski definition) is 3. The van der Waals surface area contributed by atoms with Crippen molar-refractivity contribution in [1.29, 1.82) is 0 Å². The van der Waals surface area contributed by atoms with E-state index >= 15 is 0 Å². The molecule has 5 nitrogen and oxygen atoms in total. The molecule has 0 saturated carbocycles. The summed E-state index contributed by atoms with van der Waals surface area (Å²) in [5, 5.41) is 3.01. The van der Waals surface area contributed by atoms with E-state index in [0.29, 0.717) is 30.1 Å². The van der Waals surface area contributed by atoms with Crippen molar-refractivity contribution in [2.75, 3.05) is 19.6 Å². The lowest BCUT2D eigenvalue weighted by Crippen LogP contribution is -2.27. The molecule has 1 heterocycles. The van der Waals surface area contributed by atoms with Crippen LogP contribution in [-0.4, -0.2) is 38.3 Å². The molecule has 0 aromatic heterocycles. The second-order valence-electron chi connectivity index (χ2n) is 8.33. The molecule has 4 rings (SSSR count). The first kappa shape index (κ1) is 21.8. The Morgan fingerprint density at radius 3 is 2.13 bits per heavy atom. The predicted octanol–water partition coefficient (Wildman–Crippen LogP) is 4.76. The van der Waals surface area contributed by atoms with E-state index < -0.39 is 10.0 Å². The number of benzene rings is 2. The van der Waals surface area contributed by atoms with Gasteiger partial charge in [0.1, 0.15) is 0 Å². The molecule has 0 radical (unpaired) electrons. The van der Waals surface area contributed by atoms with Gasteiger partial charge in [0.2, 0.25) is 10.0 Å². The van der Waals surface area contributed by atoms with Crippen molar-refractivity contribution in [3.05, 3.63) is 65.7 Å². The van der Waals surface area contributed by atoms with Crippen molar-refractivity contribution in [3.8, 4) is 11.1 Å². The van der Waals surface area contributed by atoms with Crippen LogP contribution in [-0.2, 0) is 10.0 Å². The number of sulfonamides is 1. The van der Waals surface area contributed by atoms with Crippen LogP contribution in [0.2, 0.25) is 0 Å². The standard InChI is InChI=1S/C25H30N2O3S/c28-25(26-17-16-20-6-2-1-3-7-20)23-10-8-21(9-11-23)22-12-14-24(15-13-22)31(29,30)27-18-4-5-19-27/h6,8-15H,1-5,7,16-19H2,(H,26,28). The number of nitrogens with zero attached hydrogens (tertiary/aromatic N) is 1. The molecule has 0 bridgehead atoms. The average molecular weight is 439 g/mol. The molecular weight excluding hydrogens is 408 g/mol. The Labute approximate surface area is 185 Å². The van der Waals surface area contributed by atoms with Crippen LogP contribution in [0, 0.1) is 0 Å². The van der Waals surface area contributed by atoms with E-state index in [1.807, 2.05) is 36.4 Å². The topological polar surface area (TPSA) is 66.5 Å². The first-order valence-corrected chi connectivity index (χ1v) is 12.6. The number of rotatable bonds is 7. The molecule has 1 fully saturated rings. The van der Waals surface area contributed by atoms with E-state index in [2.05, 4.69) is 11.4 Å². The Morgan fingerprint density at radius 2 is 1.52 bits per heavy atom. The fraction of sp³-hybridized carbons (Fsp3) is 0.400. The summed E-state index contributed by atoms with van der Waals surface area (Å²) in [6.07, 6.45) is 9.94. The lowest BCUT2D eigenvalue weighted by atomic mass is 9.97. The smallest absolute Gasteiger partial charge is 0.251 e. The molecule has 2 aromatic rings. The van der Waals surface area contributed by atoms with E-state index in [1.54, 1.807) is 16.4 Å². The van der Waals surface area contributed by atoms with Crippen molar-refractivity contribution < 1.29 is 13.2 Å². The van der Waals surface area contributed by atoms with E-state index in [4.69, 9.17) is 0 Å². The first-order chi connectivity index (χ1) is 15.0. The lowest BCUT2D eigenvalue weighted by molar-refractivity contribution is 0.0954. The van der Waals surface area contributed by atoms with Crippen LogP contribution in [0.5, 0.6) is 0 Å². The summed E-state index contributed by atoms with van der Waals surface area (Å²) in [6.45, 7) is 1.87. The SMILES string of the molecule is O=C(NCCC1=CCCCC1)c1ccc(-c2ccc(S(=O)(=O)N3CCCC3)cc2)cc1. The molecule has 0 atom stereocenters. The van der Waals surface area contributed by atoms with Gasteiger partial charge >= 0.3 is 0 Å². The Bertz CT molecular complexity index is 1040. The van der Waals surface area contributed by atoms with Crippen LogP contribution in [0.1, 0.15) is 55.3 Å². The summed E-state index contributed by atoms with van der Waals surface area (Å²) in [7, 11) is -3.40. The monoisotopic (exact) mass is 438 g/mol. The van der Waals surface area contributed by atoms with Gasteiger partial charge in [-0.3, -0.25) is 4.79 Å². The van der Waals surface area contributed by atoms with E-state index in [-0.39, 0.29) is 5.91 Å². The van der Waals surface area contributed by atoms with Crippen molar-refractivity contribution in [2.24, 2.45) is 0 Å². The van der Waals surface area contributed by atoms with E-state index in [9.17, 15) is 13.2 Å². The summed E-state index contributed by atoms with van der Waals surface area (Å²) < 4.78 is 26.9. The normalized spacial score (nSPS) is 17.4. The summed E-state index contributed by atoms with van der Waals surface area (Å²) in [5.74, 6) is -0.0602. The van der Waals surface area contributed by atoms with Gasteiger partial charge in [-0.15, -0.1) is 0 Å². The van der Waals surface area contributed by atoms with Crippen LogP contribution in [0.15, 0.2) is 65.1 Å². The van der Waals surface area contributed by atoms with Gasteiger partial charge in [-0.1, -0.05) is 35.9 Å².